The molecule has 0 atom stereocenters. The number of esters is 1. The summed E-state index contributed by atoms with van der Waals surface area (Å²) in [5.74, 6) is -1.42. The summed E-state index contributed by atoms with van der Waals surface area (Å²) in [6, 6.07) is 6.94. The van der Waals surface area contributed by atoms with Crippen molar-refractivity contribution in [1.82, 2.24) is 19.8 Å². The Balaban J connectivity index is 1.81. The number of hydrogen-bond donors (Lipinski definition) is 1. The van der Waals surface area contributed by atoms with Crippen LogP contribution in [-0.2, 0) is 25.7 Å². The Labute approximate surface area is 168 Å². The minimum atomic E-state index is -0.619. The molecule has 0 radical (unpaired) electrons. The van der Waals surface area contributed by atoms with E-state index in [0.29, 0.717) is 10.9 Å². The summed E-state index contributed by atoms with van der Waals surface area (Å²) in [7, 11) is 1.46. The highest BCUT2D eigenvalue weighted by Crippen LogP contribution is 2.05. The average Bonchev–Trinajstić information content (AvgIpc) is 2.64. The number of carbonyl (C=O) groups is 3. The SMILES string of the molecule is CN(CC(=O)NC(C)(C)C)C(=O)COC(=O)CCn1cnc2ccccc2c1=O. The first kappa shape index (κ1) is 22.1. The van der Waals surface area contributed by atoms with Crippen molar-refractivity contribution in [1.29, 1.82) is 0 Å². The largest absolute Gasteiger partial charge is 0.456 e. The molecule has 0 saturated heterocycles. The van der Waals surface area contributed by atoms with E-state index in [2.05, 4.69) is 10.3 Å². The number of amides is 2. The minimum Gasteiger partial charge on any atom is -0.456 e. The molecule has 2 amide bonds. The van der Waals surface area contributed by atoms with E-state index in [0.717, 1.165) is 0 Å². The van der Waals surface area contributed by atoms with Crippen LogP contribution in [0.15, 0.2) is 35.4 Å². The highest BCUT2D eigenvalue weighted by Gasteiger charge is 2.18. The molecule has 1 N–H and O–H groups in total. The molecular weight excluding hydrogens is 376 g/mol. The highest BCUT2D eigenvalue weighted by molar-refractivity contribution is 5.86. The summed E-state index contributed by atoms with van der Waals surface area (Å²) in [5, 5.41) is 3.21. The molecule has 0 bridgehead atoms. The van der Waals surface area contributed by atoms with Crippen molar-refractivity contribution in [2.24, 2.45) is 0 Å². The van der Waals surface area contributed by atoms with Crippen molar-refractivity contribution in [2.45, 2.75) is 39.3 Å². The molecule has 1 aromatic carbocycles. The highest BCUT2D eigenvalue weighted by atomic mass is 16.5. The molecule has 2 aromatic rings. The number of carbonyl (C=O) groups excluding carboxylic acids is 3. The van der Waals surface area contributed by atoms with Gasteiger partial charge in [-0.15, -0.1) is 0 Å². The molecule has 9 heteroatoms. The predicted octanol–water partition coefficient (Wildman–Crippen LogP) is 0.703. The molecule has 0 spiro atoms. The molecule has 1 aromatic heterocycles. The lowest BCUT2D eigenvalue weighted by Gasteiger charge is -2.23. The van der Waals surface area contributed by atoms with Crippen molar-refractivity contribution < 1.29 is 19.1 Å². The van der Waals surface area contributed by atoms with Crippen LogP contribution in [0, 0.1) is 0 Å². The summed E-state index contributed by atoms with van der Waals surface area (Å²) >= 11 is 0. The van der Waals surface area contributed by atoms with Gasteiger partial charge in [0.2, 0.25) is 5.91 Å². The van der Waals surface area contributed by atoms with E-state index in [4.69, 9.17) is 4.74 Å². The monoisotopic (exact) mass is 402 g/mol. The second kappa shape index (κ2) is 9.31. The first-order valence-electron chi connectivity index (χ1n) is 9.21. The number of nitrogens with zero attached hydrogens (tertiary/aromatic N) is 3. The van der Waals surface area contributed by atoms with Gasteiger partial charge in [0.25, 0.3) is 11.5 Å². The fraction of sp³-hybridized carbons (Fsp3) is 0.450. The lowest BCUT2D eigenvalue weighted by molar-refractivity contribution is -0.152. The summed E-state index contributed by atoms with van der Waals surface area (Å²) in [6.45, 7) is 5.00. The van der Waals surface area contributed by atoms with E-state index in [1.807, 2.05) is 20.8 Å². The quantitative estimate of drug-likeness (QED) is 0.683. The lowest BCUT2D eigenvalue weighted by Crippen LogP contribution is -2.46. The standard InChI is InChI=1S/C20H26N4O5/c1-20(2,3)22-16(25)11-23(4)17(26)12-29-18(27)9-10-24-13-21-15-8-6-5-7-14(15)19(24)28/h5-8,13H,9-12H2,1-4H3,(H,22,25). The van der Waals surface area contributed by atoms with Crippen LogP contribution < -0.4 is 10.9 Å². The van der Waals surface area contributed by atoms with E-state index >= 15 is 0 Å². The zero-order valence-corrected chi connectivity index (χ0v) is 17.1. The van der Waals surface area contributed by atoms with Gasteiger partial charge in [-0.1, -0.05) is 12.1 Å². The van der Waals surface area contributed by atoms with E-state index in [-0.39, 0.29) is 31.0 Å². The van der Waals surface area contributed by atoms with Gasteiger partial charge in [0.05, 0.1) is 30.2 Å². The molecule has 0 fully saturated rings. The Hall–Kier alpha value is -3.23. The van der Waals surface area contributed by atoms with Crippen molar-refractivity contribution in [2.75, 3.05) is 20.2 Å². The van der Waals surface area contributed by atoms with E-state index in [1.54, 1.807) is 24.3 Å². The second-order valence-corrected chi connectivity index (χ2v) is 7.72. The number of benzene rings is 1. The van der Waals surface area contributed by atoms with Gasteiger partial charge in [-0.05, 0) is 32.9 Å². The van der Waals surface area contributed by atoms with Crippen molar-refractivity contribution in [3.8, 4) is 0 Å². The number of ether oxygens (including phenoxy) is 1. The number of likely N-dealkylation sites (N-methyl/N-ethyl adjacent to an activating group) is 1. The third-order valence-corrected chi connectivity index (χ3v) is 3.97. The van der Waals surface area contributed by atoms with Gasteiger partial charge in [-0.2, -0.15) is 0 Å². The lowest BCUT2D eigenvalue weighted by atomic mass is 10.1. The van der Waals surface area contributed by atoms with Crippen LogP contribution in [-0.4, -0.2) is 58.0 Å². The molecule has 9 nitrogen and oxygen atoms in total. The van der Waals surface area contributed by atoms with Gasteiger partial charge < -0.3 is 15.0 Å². The van der Waals surface area contributed by atoms with Gasteiger partial charge >= 0.3 is 5.97 Å². The Morgan fingerprint density at radius 1 is 1.21 bits per heavy atom. The van der Waals surface area contributed by atoms with Gasteiger partial charge in [-0.3, -0.25) is 23.7 Å². The molecule has 2 rings (SSSR count). The van der Waals surface area contributed by atoms with Crippen LogP contribution in [0.25, 0.3) is 10.9 Å². The van der Waals surface area contributed by atoms with Crippen LogP contribution in [0.2, 0.25) is 0 Å². The number of nitrogens with one attached hydrogen (secondary N) is 1. The van der Waals surface area contributed by atoms with Crippen LogP contribution >= 0.6 is 0 Å². The maximum atomic E-state index is 12.4. The second-order valence-electron chi connectivity index (χ2n) is 7.72. The Kier molecular flexibility index (Phi) is 7.08. The zero-order valence-electron chi connectivity index (χ0n) is 17.1. The number of aromatic nitrogens is 2. The number of aryl methyl sites for hydroxylation is 1. The van der Waals surface area contributed by atoms with E-state index in [9.17, 15) is 19.2 Å². The summed E-state index contributed by atoms with van der Waals surface area (Å²) < 4.78 is 6.29. The number of fused-ring (bicyclic) bond motifs is 1. The van der Waals surface area contributed by atoms with Gasteiger partial charge in [-0.25, -0.2) is 4.98 Å². The predicted molar refractivity (Wildman–Crippen MR) is 107 cm³/mol. The molecule has 156 valence electrons. The van der Waals surface area contributed by atoms with Crippen LogP contribution in [0.4, 0.5) is 0 Å². The van der Waals surface area contributed by atoms with Gasteiger partial charge in [0, 0.05) is 19.1 Å². The molecule has 0 aliphatic rings. The van der Waals surface area contributed by atoms with Gasteiger partial charge in [0.1, 0.15) is 0 Å². The maximum absolute atomic E-state index is 12.4. The molecule has 29 heavy (non-hydrogen) atoms. The number of rotatable bonds is 7. The fourth-order valence-corrected chi connectivity index (χ4v) is 2.56. The topological polar surface area (TPSA) is 111 Å². The Morgan fingerprint density at radius 2 is 1.90 bits per heavy atom. The van der Waals surface area contributed by atoms with E-state index < -0.39 is 24.0 Å². The zero-order chi connectivity index (χ0) is 21.6. The maximum Gasteiger partial charge on any atom is 0.308 e. The van der Waals surface area contributed by atoms with Crippen molar-refractivity contribution in [3.63, 3.8) is 0 Å². The summed E-state index contributed by atoms with van der Waals surface area (Å²) in [4.78, 5) is 53.5. The molecule has 0 unspecified atom stereocenters. The van der Waals surface area contributed by atoms with Crippen LogP contribution in [0.3, 0.4) is 0 Å². The first-order valence-corrected chi connectivity index (χ1v) is 9.21. The molecule has 0 saturated carbocycles. The van der Waals surface area contributed by atoms with Crippen LogP contribution in [0.1, 0.15) is 27.2 Å². The number of hydrogen-bond acceptors (Lipinski definition) is 6. The molecule has 0 aliphatic carbocycles. The van der Waals surface area contributed by atoms with Gasteiger partial charge in [0.15, 0.2) is 6.61 Å². The molecule has 0 aliphatic heterocycles. The average molecular weight is 402 g/mol. The summed E-state index contributed by atoms with van der Waals surface area (Å²) in [6.07, 6.45) is 1.30. The normalized spacial score (nSPS) is 11.2. The summed E-state index contributed by atoms with van der Waals surface area (Å²) in [5.41, 5.74) is -0.0621. The van der Waals surface area contributed by atoms with Crippen LogP contribution in [0.5, 0.6) is 0 Å². The smallest absolute Gasteiger partial charge is 0.308 e. The Morgan fingerprint density at radius 3 is 2.59 bits per heavy atom. The Bertz CT molecular complexity index is 961. The van der Waals surface area contributed by atoms with Crippen molar-refractivity contribution >= 4 is 28.7 Å². The fourth-order valence-electron chi connectivity index (χ4n) is 2.56. The molecular formula is C20H26N4O5. The van der Waals surface area contributed by atoms with E-state index in [1.165, 1.54) is 22.8 Å². The number of para-hydroxylation sites is 1. The third kappa shape index (κ3) is 6.70. The van der Waals surface area contributed by atoms with Crippen molar-refractivity contribution in [3.05, 3.63) is 40.9 Å². The molecule has 1 heterocycles. The minimum absolute atomic E-state index is 0.0819. The third-order valence-electron chi connectivity index (χ3n) is 3.97. The first-order chi connectivity index (χ1) is 13.6.